The van der Waals surface area contributed by atoms with Crippen molar-refractivity contribution in [3.05, 3.63) is 63.4 Å². The second kappa shape index (κ2) is 10.1. The Kier molecular flexibility index (Phi) is 7.48. The number of piperazine rings is 1. The summed E-state index contributed by atoms with van der Waals surface area (Å²) in [5.41, 5.74) is 1.91. The highest BCUT2D eigenvalue weighted by Crippen LogP contribution is 2.31. The van der Waals surface area contributed by atoms with Crippen molar-refractivity contribution in [2.45, 2.75) is 20.4 Å². The van der Waals surface area contributed by atoms with Crippen LogP contribution in [0.3, 0.4) is 0 Å². The number of phenolic OH excluding ortho intramolecular Hbond substituents is 1. The summed E-state index contributed by atoms with van der Waals surface area (Å²) in [4.78, 5) is 15.1. The standard InChI is InChI=1S/C23H26ClFN2O3/c1-3-30-22-13-21(29)18(12-17(22)14-27-10-8-26-9-11-27)20(28)7-5-16-4-6-19(25)15(2)23(16)24/h4-7,12-13,26,29H,3,8-11,14H2,1-2H3/b7-5+. The van der Waals surface area contributed by atoms with Crippen LogP contribution in [0.2, 0.25) is 5.02 Å². The quantitative estimate of drug-likeness (QED) is 0.507. The van der Waals surface area contributed by atoms with Crippen LogP contribution in [-0.2, 0) is 6.54 Å². The summed E-state index contributed by atoms with van der Waals surface area (Å²) in [7, 11) is 0. The van der Waals surface area contributed by atoms with Crippen LogP contribution in [0.1, 0.15) is 34.0 Å². The molecule has 1 fully saturated rings. The van der Waals surface area contributed by atoms with Gasteiger partial charge >= 0.3 is 0 Å². The molecule has 1 aliphatic heterocycles. The van der Waals surface area contributed by atoms with E-state index in [1.54, 1.807) is 13.0 Å². The first-order chi connectivity index (χ1) is 14.4. The zero-order valence-electron chi connectivity index (χ0n) is 17.2. The van der Waals surface area contributed by atoms with E-state index in [0.717, 1.165) is 31.7 Å². The SMILES string of the molecule is CCOc1cc(O)c(C(=O)/C=C/c2ccc(F)c(C)c2Cl)cc1CN1CCNCC1. The predicted molar refractivity (Wildman–Crippen MR) is 117 cm³/mol. The Morgan fingerprint density at radius 3 is 2.77 bits per heavy atom. The summed E-state index contributed by atoms with van der Waals surface area (Å²) in [5.74, 6) is -0.329. The summed E-state index contributed by atoms with van der Waals surface area (Å²) in [5, 5.41) is 14.0. The number of ether oxygens (including phenoxy) is 1. The molecule has 1 saturated heterocycles. The Morgan fingerprint density at radius 2 is 2.07 bits per heavy atom. The number of nitrogens with zero attached hydrogens (tertiary/aromatic N) is 1. The Morgan fingerprint density at radius 1 is 1.33 bits per heavy atom. The molecule has 30 heavy (non-hydrogen) atoms. The average Bonchev–Trinajstić information content (AvgIpc) is 2.74. The number of nitrogens with one attached hydrogen (secondary N) is 1. The van der Waals surface area contributed by atoms with Gasteiger partial charge in [0.15, 0.2) is 5.78 Å². The molecule has 0 spiro atoms. The number of aromatic hydroxyl groups is 1. The van der Waals surface area contributed by atoms with Gasteiger partial charge in [0.1, 0.15) is 17.3 Å². The smallest absolute Gasteiger partial charge is 0.189 e. The van der Waals surface area contributed by atoms with E-state index >= 15 is 0 Å². The second-order valence-corrected chi connectivity index (χ2v) is 7.59. The van der Waals surface area contributed by atoms with Gasteiger partial charge in [-0.2, -0.15) is 0 Å². The van der Waals surface area contributed by atoms with E-state index < -0.39 is 5.82 Å². The Balaban J connectivity index is 1.87. The van der Waals surface area contributed by atoms with Crippen LogP contribution in [0.25, 0.3) is 6.08 Å². The summed E-state index contributed by atoms with van der Waals surface area (Å²) < 4.78 is 19.3. The van der Waals surface area contributed by atoms with Gasteiger partial charge in [-0.1, -0.05) is 17.7 Å². The summed E-state index contributed by atoms with van der Waals surface area (Å²) >= 11 is 6.17. The van der Waals surface area contributed by atoms with Gasteiger partial charge in [0.25, 0.3) is 0 Å². The van der Waals surface area contributed by atoms with Crippen LogP contribution in [0.15, 0.2) is 30.3 Å². The molecule has 7 heteroatoms. The minimum Gasteiger partial charge on any atom is -0.507 e. The first kappa shape index (κ1) is 22.3. The molecule has 0 aliphatic carbocycles. The van der Waals surface area contributed by atoms with E-state index in [4.69, 9.17) is 16.3 Å². The molecule has 2 N–H and O–H groups in total. The van der Waals surface area contributed by atoms with E-state index in [9.17, 15) is 14.3 Å². The third-order valence-corrected chi connectivity index (χ3v) is 5.61. The molecule has 160 valence electrons. The highest BCUT2D eigenvalue weighted by molar-refractivity contribution is 6.33. The maximum absolute atomic E-state index is 13.6. The Bertz CT molecular complexity index is 956. The van der Waals surface area contributed by atoms with Crippen LogP contribution in [0, 0.1) is 12.7 Å². The highest BCUT2D eigenvalue weighted by atomic mass is 35.5. The first-order valence-corrected chi connectivity index (χ1v) is 10.4. The Hall–Kier alpha value is -2.41. The molecule has 5 nitrogen and oxygen atoms in total. The number of phenols is 1. The third kappa shape index (κ3) is 5.19. The van der Waals surface area contributed by atoms with Crippen molar-refractivity contribution in [2.24, 2.45) is 0 Å². The second-order valence-electron chi connectivity index (χ2n) is 7.21. The predicted octanol–water partition coefficient (Wildman–Crippen LogP) is 4.19. The van der Waals surface area contributed by atoms with Crippen LogP contribution < -0.4 is 10.1 Å². The van der Waals surface area contributed by atoms with Crippen molar-refractivity contribution in [1.29, 1.82) is 0 Å². The van der Waals surface area contributed by atoms with Crippen molar-refractivity contribution in [2.75, 3.05) is 32.8 Å². The first-order valence-electron chi connectivity index (χ1n) is 9.99. The van der Waals surface area contributed by atoms with Gasteiger partial charge in [0.05, 0.1) is 17.2 Å². The maximum atomic E-state index is 13.6. The zero-order chi connectivity index (χ0) is 21.7. The van der Waals surface area contributed by atoms with E-state index in [-0.39, 0.29) is 22.1 Å². The topological polar surface area (TPSA) is 61.8 Å². The van der Waals surface area contributed by atoms with Crippen LogP contribution in [-0.4, -0.2) is 48.6 Å². The molecule has 0 atom stereocenters. The lowest BCUT2D eigenvalue weighted by Crippen LogP contribution is -2.42. The molecule has 0 saturated carbocycles. The van der Waals surface area contributed by atoms with Crippen LogP contribution in [0.5, 0.6) is 11.5 Å². The molecular formula is C23H26ClFN2O3. The van der Waals surface area contributed by atoms with Gasteiger partial charge in [-0.05, 0) is 43.7 Å². The molecule has 3 rings (SSSR count). The van der Waals surface area contributed by atoms with Crippen LogP contribution in [0.4, 0.5) is 4.39 Å². The number of allylic oxidation sites excluding steroid dienone is 1. The molecule has 2 aromatic rings. The van der Waals surface area contributed by atoms with Gasteiger partial charge in [0, 0.05) is 49.9 Å². The van der Waals surface area contributed by atoms with Crippen molar-refractivity contribution in [1.82, 2.24) is 10.2 Å². The van der Waals surface area contributed by atoms with E-state index in [1.165, 1.54) is 30.4 Å². The summed E-state index contributed by atoms with van der Waals surface area (Å²) in [6.45, 7) is 8.17. The van der Waals surface area contributed by atoms with E-state index in [0.29, 0.717) is 30.0 Å². The largest absolute Gasteiger partial charge is 0.507 e. The fourth-order valence-electron chi connectivity index (χ4n) is 3.40. The number of rotatable bonds is 7. The average molecular weight is 433 g/mol. The number of hydrogen-bond donors (Lipinski definition) is 2. The fourth-order valence-corrected chi connectivity index (χ4v) is 3.62. The van der Waals surface area contributed by atoms with E-state index in [1.807, 2.05) is 6.92 Å². The molecule has 0 aromatic heterocycles. The lowest BCUT2D eigenvalue weighted by atomic mass is 10.0. The normalized spacial score (nSPS) is 14.9. The summed E-state index contributed by atoms with van der Waals surface area (Å²) in [6, 6.07) is 6.01. The fraction of sp³-hybridized carbons (Fsp3) is 0.348. The van der Waals surface area contributed by atoms with Crippen molar-refractivity contribution in [3.8, 4) is 11.5 Å². The minimum absolute atomic E-state index is 0.140. The molecule has 1 heterocycles. The molecule has 0 bridgehead atoms. The maximum Gasteiger partial charge on any atom is 0.189 e. The molecule has 0 amide bonds. The Labute approximate surface area is 181 Å². The van der Waals surface area contributed by atoms with Gasteiger partial charge in [-0.25, -0.2) is 4.39 Å². The third-order valence-electron chi connectivity index (χ3n) is 5.11. The molecular weight excluding hydrogens is 407 g/mol. The number of carbonyl (C=O) groups excluding carboxylic acids is 1. The lowest BCUT2D eigenvalue weighted by Gasteiger charge is -2.28. The van der Waals surface area contributed by atoms with Gasteiger partial charge < -0.3 is 15.2 Å². The molecule has 0 unspecified atom stereocenters. The van der Waals surface area contributed by atoms with Crippen molar-refractivity contribution < 1.29 is 19.0 Å². The van der Waals surface area contributed by atoms with Crippen molar-refractivity contribution in [3.63, 3.8) is 0 Å². The van der Waals surface area contributed by atoms with Gasteiger partial charge in [-0.3, -0.25) is 9.69 Å². The zero-order valence-corrected chi connectivity index (χ0v) is 17.9. The highest BCUT2D eigenvalue weighted by Gasteiger charge is 2.18. The minimum atomic E-state index is -0.398. The molecule has 0 radical (unpaired) electrons. The van der Waals surface area contributed by atoms with Gasteiger partial charge in [-0.15, -0.1) is 0 Å². The summed E-state index contributed by atoms with van der Waals surface area (Å²) in [6.07, 6.45) is 2.87. The van der Waals surface area contributed by atoms with Crippen LogP contribution >= 0.6 is 11.6 Å². The molecule has 1 aliphatic rings. The van der Waals surface area contributed by atoms with Gasteiger partial charge in [0.2, 0.25) is 0 Å². The number of carbonyl (C=O) groups is 1. The number of hydrogen-bond acceptors (Lipinski definition) is 5. The monoisotopic (exact) mass is 432 g/mol. The van der Waals surface area contributed by atoms with Crippen molar-refractivity contribution >= 4 is 23.5 Å². The lowest BCUT2D eigenvalue weighted by molar-refractivity contribution is 0.104. The number of ketones is 1. The van der Waals surface area contributed by atoms with E-state index in [2.05, 4.69) is 10.2 Å². The molecule has 2 aromatic carbocycles. The number of benzene rings is 2. The number of halogens is 2.